The van der Waals surface area contributed by atoms with Crippen molar-refractivity contribution in [2.24, 2.45) is 0 Å². The van der Waals surface area contributed by atoms with E-state index in [2.05, 4.69) is 41.7 Å². The summed E-state index contributed by atoms with van der Waals surface area (Å²) in [4.78, 5) is 0. The first kappa shape index (κ1) is 11.0. The molecule has 0 bridgehead atoms. The lowest BCUT2D eigenvalue weighted by atomic mass is 10.1. The second-order valence-corrected chi connectivity index (χ2v) is 7.16. The van der Waals surface area contributed by atoms with Gasteiger partial charge in [0.25, 0.3) is 0 Å². The molecular formula is C13H16OS2. The van der Waals surface area contributed by atoms with E-state index in [1.807, 2.05) is 0 Å². The maximum atomic E-state index is 9.77. The maximum Gasteiger partial charge on any atom is 0.0795 e. The molecule has 1 saturated heterocycles. The fourth-order valence-electron chi connectivity index (χ4n) is 2.44. The van der Waals surface area contributed by atoms with Crippen LogP contribution in [0.15, 0.2) is 18.2 Å². The molecule has 0 spiro atoms. The molecule has 1 aliphatic carbocycles. The fraction of sp³-hybridized carbons (Fsp3) is 0.538. The molecule has 0 saturated carbocycles. The third-order valence-electron chi connectivity index (χ3n) is 3.31. The monoisotopic (exact) mass is 252 g/mol. The van der Waals surface area contributed by atoms with Crippen LogP contribution >= 0.6 is 23.5 Å². The molecule has 16 heavy (non-hydrogen) atoms. The number of hydrogen-bond acceptors (Lipinski definition) is 3. The van der Waals surface area contributed by atoms with Crippen LogP contribution in [0.2, 0.25) is 0 Å². The minimum absolute atomic E-state index is 0.212. The van der Waals surface area contributed by atoms with Gasteiger partial charge in [-0.3, -0.25) is 0 Å². The number of rotatable bonds is 1. The minimum atomic E-state index is -0.212. The highest BCUT2D eigenvalue weighted by atomic mass is 32.2. The highest BCUT2D eigenvalue weighted by Crippen LogP contribution is 2.45. The Morgan fingerprint density at radius 3 is 2.81 bits per heavy atom. The molecule has 1 aromatic rings. The van der Waals surface area contributed by atoms with E-state index in [-0.39, 0.29) is 6.10 Å². The fourth-order valence-corrected chi connectivity index (χ4v) is 5.32. The van der Waals surface area contributed by atoms with Crippen molar-refractivity contribution in [3.63, 3.8) is 0 Å². The molecule has 1 fully saturated rings. The van der Waals surface area contributed by atoms with Crippen molar-refractivity contribution in [1.29, 1.82) is 0 Å². The van der Waals surface area contributed by atoms with Gasteiger partial charge < -0.3 is 5.11 Å². The summed E-state index contributed by atoms with van der Waals surface area (Å²) in [6, 6.07) is 6.67. The van der Waals surface area contributed by atoms with E-state index < -0.39 is 0 Å². The van der Waals surface area contributed by atoms with E-state index in [0.29, 0.717) is 4.58 Å². The molecule has 1 aromatic carbocycles. The van der Waals surface area contributed by atoms with Crippen molar-refractivity contribution in [2.45, 2.75) is 29.9 Å². The van der Waals surface area contributed by atoms with Gasteiger partial charge in [-0.05, 0) is 47.5 Å². The Balaban J connectivity index is 1.86. The van der Waals surface area contributed by atoms with Crippen molar-refractivity contribution < 1.29 is 5.11 Å². The molecule has 2 aliphatic rings. The molecule has 1 atom stereocenters. The van der Waals surface area contributed by atoms with E-state index in [9.17, 15) is 5.11 Å². The second kappa shape index (κ2) is 4.63. The average Bonchev–Trinajstić information content (AvgIpc) is 2.72. The van der Waals surface area contributed by atoms with Gasteiger partial charge >= 0.3 is 0 Å². The molecule has 0 aromatic heterocycles. The summed E-state index contributed by atoms with van der Waals surface area (Å²) in [5, 5.41) is 9.77. The Hall–Kier alpha value is -0.120. The highest BCUT2D eigenvalue weighted by Gasteiger charge is 2.23. The van der Waals surface area contributed by atoms with E-state index in [1.165, 1.54) is 29.1 Å². The van der Waals surface area contributed by atoms with Crippen LogP contribution in [0.3, 0.4) is 0 Å². The number of benzene rings is 1. The predicted molar refractivity (Wildman–Crippen MR) is 72.0 cm³/mol. The van der Waals surface area contributed by atoms with Crippen LogP contribution in [0.5, 0.6) is 0 Å². The van der Waals surface area contributed by atoms with E-state index >= 15 is 0 Å². The summed E-state index contributed by atoms with van der Waals surface area (Å²) in [6.07, 6.45) is 3.08. The van der Waals surface area contributed by atoms with Gasteiger partial charge in [0.2, 0.25) is 0 Å². The van der Waals surface area contributed by atoms with Gasteiger partial charge in [-0.2, -0.15) is 0 Å². The van der Waals surface area contributed by atoms with Crippen LogP contribution in [-0.4, -0.2) is 16.6 Å². The summed E-state index contributed by atoms with van der Waals surface area (Å²) in [7, 11) is 0. The van der Waals surface area contributed by atoms with Crippen molar-refractivity contribution in [3.05, 3.63) is 34.9 Å². The van der Waals surface area contributed by atoms with Crippen LogP contribution in [-0.2, 0) is 6.42 Å². The lowest BCUT2D eigenvalue weighted by Crippen LogP contribution is -2.01. The zero-order chi connectivity index (χ0) is 11.0. The maximum absolute atomic E-state index is 9.77. The summed E-state index contributed by atoms with van der Waals surface area (Å²) < 4.78 is 0.622. The third-order valence-corrected chi connectivity index (χ3v) is 6.33. The molecule has 1 unspecified atom stereocenters. The minimum Gasteiger partial charge on any atom is -0.388 e. The SMILES string of the molecule is OC1CCc2cc(C3SCCCS3)ccc21. The normalized spacial score (nSPS) is 25.7. The Labute approximate surface area is 105 Å². The first-order chi connectivity index (χ1) is 7.84. The highest BCUT2D eigenvalue weighted by molar-refractivity contribution is 8.16. The molecule has 86 valence electrons. The number of aliphatic hydroxyl groups is 1. The molecule has 0 amide bonds. The third kappa shape index (κ3) is 2.01. The Bertz CT molecular complexity index is 386. The molecule has 0 radical (unpaired) electrons. The molecule has 3 rings (SSSR count). The lowest BCUT2D eigenvalue weighted by molar-refractivity contribution is 0.180. The molecule has 1 nitrogen and oxygen atoms in total. The lowest BCUT2D eigenvalue weighted by Gasteiger charge is -2.21. The molecule has 1 heterocycles. The van der Waals surface area contributed by atoms with Gasteiger partial charge in [0, 0.05) is 0 Å². The molecule has 1 aliphatic heterocycles. The topological polar surface area (TPSA) is 20.2 Å². The van der Waals surface area contributed by atoms with Gasteiger partial charge in [-0.1, -0.05) is 18.2 Å². The van der Waals surface area contributed by atoms with Gasteiger partial charge in [0.05, 0.1) is 10.7 Å². The molecule has 1 N–H and O–H groups in total. The molecular weight excluding hydrogens is 236 g/mol. The first-order valence-corrected chi connectivity index (χ1v) is 7.98. The zero-order valence-corrected chi connectivity index (χ0v) is 10.8. The van der Waals surface area contributed by atoms with Gasteiger partial charge in [-0.15, -0.1) is 23.5 Å². The van der Waals surface area contributed by atoms with Crippen LogP contribution in [0, 0.1) is 0 Å². The number of aryl methyl sites for hydroxylation is 1. The van der Waals surface area contributed by atoms with Crippen LogP contribution in [0.4, 0.5) is 0 Å². The van der Waals surface area contributed by atoms with E-state index in [0.717, 1.165) is 18.4 Å². The zero-order valence-electron chi connectivity index (χ0n) is 9.19. The summed E-state index contributed by atoms with van der Waals surface area (Å²) in [5.74, 6) is 2.58. The van der Waals surface area contributed by atoms with Crippen molar-refractivity contribution >= 4 is 23.5 Å². The summed E-state index contributed by atoms with van der Waals surface area (Å²) in [6.45, 7) is 0. The van der Waals surface area contributed by atoms with Crippen molar-refractivity contribution in [3.8, 4) is 0 Å². The Morgan fingerprint density at radius 1 is 1.19 bits per heavy atom. The Morgan fingerprint density at radius 2 is 2.00 bits per heavy atom. The van der Waals surface area contributed by atoms with Gasteiger partial charge in [0.1, 0.15) is 0 Å². The standard InChI is InChI=1S/C13H16OS2/c14-12-5-3-9-8-10(2-4-11(9)12)13-15-6-1-7-16-13/h2,4,8,12-14H,1,3,5-7H2. The second-order valence-electron chi connectivity index (χ2n) is 4.44. The average molecular weight is 252 g/mol. The van der Waals surface area contributed by atoms with Crippen LogP contribution < -0.4 is 0 Å². The van der Waals surface area contributed by atoms with Gasteiger partial charge in [-0.25, -0.2) is 0 Å². The van der Waals surface area contributed by atoms with Crippen LogP contribution in [0.25, 0.3) is 0 Å². The number of fused-ring (bicyclic) bond motifs is 1. The number of aliphatic hydroxyl groups excluding tert-OH is 1. The molecule has 3 heteroatoms. The van der Waals surface area contributed by atoms with Gasteiger partial charge in [0.15, 0.2) is 0 Å². The predicted octanol–water partition coefficient (Wildman–Crippen LogP) is 3.53. The largest absolute Gasteiger partial charge is 0.388 e. The Kier molecular flexibility index (Phi) is 3.18. The smallest absolute Gasteiger partial charge is 0.0795 e. The quantitative estimate of drug-likeness (QED) is 0.825. The number of hydrogen-bond donors (Lipinski definition) is 1. The van der Waals surface area contributed by atoms with Crippen molar-refractivity contribution in [2.75, 3.05) is 11.5 Å². The van der Waals surface area contributed by atoms with E-state index in [4.69, 9.17) is 0 Å². The van der Waals surface area contributed by atoms with Crippen LogP contribution in [0.1, 0.15) is 40.2 Å². The van der Waals surface area contributed by atoms with Crippen molar-refractivity contribution in [1.82, 2.24) is 0 Å². The summed E-state index contributed by atoms with van der Waals surface area (Å²) in [5.41, 5.74) is 3.98. The summed E-state index contributed by atoms with van der Waals surface area (Å²) >= 11 is 4.13. The van der Waals surface area contributed by atoms with E-state index in [1.54, 1.807) is 0 Å². The first-order valence-electron chi connectivity index (χ1n) is 5.88. The number of thioether (sulfide) groups is 2.